The van der Waals surface area contributed by atoms with Gasteiger partial charge in [-0.15, -0.1) is 0 Å². The van der Waals surface area contributed by atoms with Crippen LogP contribution in [0.2, 0.25) is 0 Å². The largest absolute Gasteiger partial charge is 0.375 e. The van der Waals surface area contributed by atoms with Crippen LogP contribution in [0.15, 0.2) is 48.8 Å². The summed E-state index contributed by atoms with van der Waals surface area (Å²) in [7, 11) is 0. The molecule has 1 amide bonds. The molecule has 1 aliphatic heterocycles. The zero-order valence-electron chi connectivity index (χ0n) is 16.3. The Labute approximate surface area is 170 Å². The van der Waals surface area contributed by atoms with Gasteiger partial charge >= 0.3 is 0 Å². The van der Waals surface area contributed by atoms with Crippen LogP contribution in [0.1, 0.15) is 30.5 Å². The Hall–Kier alpha value is -2.81. The molecular weight excluding hydrogens is 372 g/mol. The predicted molar refractivity (Wildman–Crippen MR) is 108 cm³/mol. The van der Waals surface area contributed by atoms with Crippen LogP contribution < -0.4 is 10.8 Å². The molecular formula is C21H26N4O4. The molecule has 0 radical (unpaired) electrons. The maximum absolute atomic E-state index is 11.8. The summed E-state index contributed by atoms with van der Waals surface area (Å²) in [4.78, 5) is 25.5. The number of aromatic nitrogens is 2. The van der Waals surface area contributed by atoms with Crippen molar-refractivity contribution in [2.75, 3.05) is 25.1 Å². The molecule has 8 heteroatoms. The topological polar surface area (TPSA) is 94.6 Å². The number of nitrogens with one attached hydrogen (secondary N) is 2. The van der Waals surface area contributed by atoms with E-state index >= 15 is 0 Å². The van der Waals surface area contributed by atoms with Crippen LogP contribution in [0.25, 0.3) is 6.08 Å². The number of benzene rings is 1. The molecule has 1 saturated heterocycles. The van der Waals surface area contributed by atoms with Crippen LogP contribution in [0.3, 0.4) is 0 Å². The third-order valence-corrected chi connectivity index (χ3v) is 4.17. The van der Waals surface area contributed by atoms with Gasteiger partial charge < -0.3 is 14.8 Å². The summed E-state index contributed by atoms with van der Waals surface area (Å²) in [5, 5.41) is 3.14. The molecule has 0 bridgehead atoms. The molecule has 1 aromatic carbocycles. The third-order valence-electron chi connectivity index (χ3n) is 4.17. The van der Waals surface area contributed by atoms with Crippen molar-refractivity contribution >= 4 is 17.8 Å². The predicted octanol–water partition coefficient (Wildman–Crippen LogP) is 2.69. The van der Waals surface area contributed by atoms with Crippen molar-refractivity contribution < 1.29 is 19.1 Å². The summed E-state index contributed by atoms with van der Waals surface area (Å²) < 4.78 is 11.0. The van der Waals surface area contributed by atoms with E-state index in [-0.39, 0.29) is 12.2 Å². The fourth-order valence-corrected chi connectivity index (χ4v) is 2.65. The van der Waals surface area contributed by atoms with Crippen molar-refractivity contribution in [3.63, 3.8) is 0 Å². The first-order valence-electron chi connectivity index (χ1n) is 9.72. The number of carbonyl (C=O) groups is 1. The van der Waals surface area contributed by atoms with E-state index in [1.165, 1.54) is 6.08 Å². The van der Waals surface area contributed by atoms with E-state index in [4.69, 9.17) is 14.3 Å². The Balaban J connectivity index is 1.31. The van der Waals surface area contributed by atoms with Crippen molar-refractivity contribution in [2.45, 2.75) is 32.2 Å². The summed E-state index contributed by atoms with van der Waals surface area (Å²) in [6, 6.07) is 10.0. The van der Waals surface area contributed by atoms with E-state index in [1.807, 2.05) is 30.3 Å². The van der Waals surface area contributed by atoms with Crippen molar-refractivity contribution in [3.05, 3.63) is 60.1 Å². The minimum absolute atomic E-state index is 0.372. The second-order valence-corrected chi connectivity index (χ2v) is 6.51. The summed E-state index contributed by atoms with van der Waals surface area (Å²) in [6.45, 7) is 2.42. The quantitative estimate of drug-likeness (QED) is 0.361. The zero-order valence-corrected chi connectivity index (χ0v) is 16.3. The molecule has 154 valence electrons. The van der Waals surface area contributed by atoms with Gasteiger partial charge in [0.05, 0.1) is 31.3 Å². The molecule has 0 saturated carbocycles. The summed E-state index contributed by atoms with van der Waals surface area (Å²) >= 11 is 0. The SMILES string of the molecule is O=C(C=Cc1cnc(NCCOCc2ccccc2)cn1)NOC1CCCCO1. The first-order chi connectivity index (χ1) is 14.3. The molecule has 8 nitrogen and oxygen atoms in total. The Bertz CT molecular complexity index is 762. The van der Waals surface area contributed by atoms with E-state index in [0.29, 0.717) is 37.9 Å². The average Bonchev–Trinajstić information content (AvgIpc) is 2.78. The fourth-order valence-electron chi connectivity index (χ4n) is 2.65. The number of hydroxylamine groups is 1. The first kappa shape index (κ1) is 20.9. The van der Waals surface area contributed by atoms with E-state index in [1.54, 1.807) is 18.5 Å². The van der Waals surface area contributed by atoms with E-state index in [2.05, 4.69) is 20.8 Å². The Morgan fingerprint density at radius 3 is 2.86 bits per heavy atom. The molecule has 3 rings (SSSR count). The number of amides is 1. The number of hydrogen-bond acceptors (Lipinski definition) is 7. The highest BCUT2D eigenvalue weighted by Gasteiger charge is 2.14. The summed E-state index contributed by atoms with van der Waals surface area (Å²) in [6.07, 6.45) is 8.58. The van der Waals surface area contributed by atoms with Crippen LogP contribution in [-0.2, 0) is 25.7 Å². The van der Waals surface area contributed by atoms with Gasteiger partial charge in [0.15, 0.2) is 6.29 Å². The highest BCUT2D eigenvalue weighted by Crippen LogP contribution is 2.12. The lowest BCUT2D eigenvalue weighted by Crippen LogP contribution is -2.32. The number of anilines is 1. The first-order valence-corrected chi connectivity index (χ1v) is 9.72. The van der Waals surface area contributed by atoms with Crippen LogP contribution in [0, 0.1) is 0 Å². The van der Waals surface area contributed by atoms with Gasteiger partial charge in [-0.05, 0) is 24.5 Å². The highest BCUT2D eigenvalue weighted by molar-refractivity contribution is 5.90. The second-order valence-electron chi connectivity index (χ2n) is 6.51. The number of ether oxygens (including phenoxy) is 2. The van der Waals surface area contributed by atoms with Gasteiger partial charge in [0.2, 0.25) is 0 Å². The smallest absolute Gasteiger partial charge is 0.267 e. The van der Waals surface area contributed by atoms with Crippen LogP contribution >= 0.6 is 0 Å². The van der Waals surface area contributed by atoms with Crippen LogP contribution in [0.5, 0.6) is 0 Å². The number of hydrogen-bond donors (Lipinski definition) is 2. The molecule has 1 atom stereocenters. The molecule has 1 aliphatic rings. The van der Waals surface area contributed by atoms with Crippen molar-refractivity contribution in [3.8, 4) is 0 Å². The van der Waals surface area contributed by atoms with Crippen LogP contribution in [0.4, 0.5) is 5.82 Å². The lowest BCUT2D eigenvalue weighted by Gasteiger charge is -2.21. The monoisotopic (exact) mass is 398 g/mol. The summed E-state index contributed by atoms with van der Waals surface area (Å²) in [5.41, 5.74) is 4.07. The molecule has 1 fully saturated rings. The van der Waals surface area contributed by atoms with E-state index in [9.17, 15) is 4.79 Å². The zero-order chi connectivity index (χ0) is 20.2. The lowest BCUT2D eigenvalue weighted by molar-refractivity contribution is -0.198. The van der Waals surface area contributed by atoms with E-state index < -0.39 is 0 Å². The van der Waals surface area contributed by atoms with Gasteiger partial charge in [-0.1, -0.05) is 30.3 Å². The molecule has 29 heavy (non-hydrogen) atoms. The summed E-state index contributed by atoms with van der Waals surface area (Å²) in [5.74, 6) is 0.270. The maximum atomic E-state index is 11.8. The van der Waals surface area contributed by atoms with Gasteiger partial charge in [0.25, 0.3) is 5.91 Å². The van der Waals surface area contributed by atoms with Gasteiger partial charge in [-0.2, -0.15) is 0 Å². The highest BCUT2D eigenvalue weighted by atomic mass is 16.8. The lowest BCUT2D eigenvalue weighted by atomic mass is 10.2. The Kier molecular flexibility index (Phi) is 8.58. The van der Waals surface area contributed by atoms with Crippen molar-refractivity contribution in [2.24, 2.45) is 0 Å². The Morgan fingerprint density at radius 1 is 1.21 bits per heavy atom. The van der Waals surface area contributed by atoms with Crippen molar-refractivity contribution in [1.82, 2.24) is 15.4 Å². The molecule has 0 spiro atoms. The molecule has 2 N–H and O–H groups in total. The number of rotatable bonds is 10. The van der Waals surface area contributed by atoms with Crippen molar-refractivity contribution in [1.29, 1.82) is 0 Å². The standard InChI is InChI=1S/C21H26N4O4/c26-20(25-29-21-8-4-5-12-28-21)10-9-18-14-24-19(15-23-18)22-11-13-27-16-17-6-2-1-3-7-17/h1-3,6-7,9-10,14-15,21H,4-5,8,11-13,16H2,(H,22,24)(H,25,26). The molecule has 0 aliphatic carbocycles. The Morgan fingerprint density at radius 2 is 2.10 bits per heavy atom. The minimum Gasteiger partial charge on any atom is -0.375 e. The minimum atomic E-state index is -0.376. The second kappa shape index (κ2) is 11.9. The fraction of sp³-hybridized carbons (Fsp3) is 0.381. The van der Waals surface area contributed by atoms with Gasteiger partial charge in [-0.3, -0.25) is 9.78 Å². The van der Waals surface area contributed by atoms with Crippen LogP contribution in [-0.4, -0.2) is 41.9 Å². The molecule has 1 unspecified atom stereocenters. The van der Waals surface area contributed by atoms with E-state index in [0.717, 1.165) is 24.8 Å². The normalized spacial score (nSPS) is 16.6. The number of carbonyl (C=O) groups excluding carboxylic acids is 1. The number of nitrogens with zero attached hydrogens (tertiary/aromatic N) is 2. The van der Waals surface area contributed by atoms with Gasteiger partial charge in [-0.25, -0.2) is 15.3 Å². The molecule has 2 heterocycles. The molecule has 1 aromatic heterocycles. The molecule has 2 aromatic rings. The van der Waals surface area contributed by atoms with Gasteiger partial charge in [0, 0.05) is 25.6 Å². The third kappa shape index (κ3) is 7.98. The maximum Gasteiger partial charge on any atom is 0.267 e. The average molecular weight is 398 g/mol. The van der Waals surface area contributed by atoms with Gasteiger partial charge in [0.1, 0.15) is 5.82 Å².